The van der Waals surface area contributed by atoms with Crippen molar-refractivity contribution in [1.29, 1.82) is 0 Å². The molecule has 1 aliphatic heterocycles. The maximum Gasteiger partial charge on any atom is 0.246 e. The van der Waals surface area contributed by atoms with Crippen LogP contribution in [-0.4, -0.2) is 61.5 Å². The Morgan fingerprint density at radius 1 is 1.45 bits per heavy atom. The molecule has 20 heavy (non-hydrogen) atoms. The average molecular weight is 300 g/mol. The Hall–Kier alpha value is -0.920. The molecular weight excluding hydrogens is 276 g/mol. The normalized spacial score (nSPS) is 24.7. The third kappa shape index (κ3) is 2.75. The fourth-order valence-electron chi connectivity index (χ4n) is 3.10. The number of likely N-dealkylation sites (tertiary alicyclic amines) is 1. The van der Waals surface area contributed by atoms with Gasteiger partial charge in [-0.25, -0.2) is 12.7 Å². The molecule has 0 spiro atoms. The maximum atomic E-state index is 12.7. The molecule has 0 amide bonds. The second kappa shape index (κ2) is 5.13. The summed E-state index contributed by atoms with van der Waals surface area (Å²) in [5, 5.41) is 6.73. The maximum absolute atomic E-state index is 12.7. The Balaban J connectivity index is 2.23. The zero-order chi connectivity index (χ0) is 15.1. The minimum atomic E-state index is -3.48. The van der Waals surface area contributed by atoms with Gasteiger partial charge < -0.3 is 4.90 Å². The number of hydrogen-bond donors (Lipinski definition) is 1. The van der Waals surface area contributed by atoms with Crippen LogP contribution < -0.4 is 0 Å². The molecule has 1 aliphatic rings. The summed E-state index contributed by atoms with van der Waals surface area (Å²) < 4.78 is 26.9. The molecule has 0 aliphatic carbocycles. The highest BCUT2D eigenvalue weighted by Crippen LogP contribution is 2.31. The van der Waals surface area contributed by atoms with Crippen molar-refractivity contribution in [3.8, 4) is 0 Å². The summed E-state index contributed by atoms with van der Waals surface area (Å²) >= 11 is 0. The largest absolute Gasteiger partial charge is 0.306 e. The van der Waals surface area contributed by atoms with Gasteiger partial charge in [0.15, 0.2) is 0 Å². The summed E-state index contributed by atoms with van der Waals surface area (Å²) in [4.78, 5) is 2.56. The lowest BCUT2D eigenvalue weighted by molar-refractivity contribution is 0.255. The van der Waals surface area contributed by atoms with Gasteiger partial charge in [-0.2, -0.15) is 5.10 Å². The molecular formula is C13H24N4O2S. The molecule has 2 rings (SSSR count). The van der Waals surface area contributed by atoms with Gasteiger partial charge in [0.2, 0.25) is 10.0 Å². The van der Waals surface area contributed by atoms with Crippen molar-refractivity contribution in [3.05, 3.63) is 11.4 Å². The van der Waals surface area contributed by atoms with E-state index in [-0.39, 0.29) is 5.41 Å². The van der Waals surface area contributed by atoms with E-state index in [0.717, 1.165) is 19.5 Å². The summed E-state index contributed by atoms with van der Waals surface area (Å²) in [6.07, 6.45) is 1.02. The van der Waals surface area contributed by atoms with Crippen LogP contribution in [0.15, 0.2) is 4.90 Å². The first-order chi connectivity index (χ1) is 9.16. The van der Waals surface area contributed by atoms with Crippen molar-refractivity contribution in [2.45, 2.75) is 32.1 Å². The van der Waals surface area contributed by atoms with Crippen molar-refractivity contribution in [3.63, 3.8) is 0 Å². The number of nitrogens with zero attached hydrogens (tertiary/aromatic N) is 3. The van der Waals surface area contributed by atoms with E-state index < -0.39 is 10.0 Å². The molecule has 0 radical (unpaired) electrons. The van der Waals surface area contributed by atoms with Gasteiger partial charge in [-0.3, -0.25) is 5.10 Å². The van der Waals surface area contributed by atoms with E-state index in [1.165, 1.54) is 4.31 Å². The summed E-state index contributed by atoms with van der Waals surface area (Å²) in [5.74, 6) is 0. The predicted molar refractivity (Wildman–Crippen MR) is 78.1 cm³/mol. The van der Waals surface area contributed by atoms with E-state index in [4.69, 9.17) is 0 Å². The van der Waals surface area contributed by atoms with Crippen LogP contribution >= 0.6 is 0 Å². The third-order valence-corrected chi connectivity index (χ3v) is 6.15. The van der Waals surface area contributed by atoms with Gasteiger partial charge in [-0.05, 0) is 39.3 Å². The Morgan fingerprint density at radius 2 is 2.10 bits per heavy atom. The topological polar surface area (TPSA) is 69.3 Å². The van der Waals surface area contributed by atoms with Gasteiger partial charge >= 0.3 is 0 Å². The number of nitrogens with one attached hydrogen (secondary N) is 1. The lowest BCUT2D eigenvalue weighted by Crippen LogP contribution is -2.39. The first-order valence-electron chi connectivity index (χ1n) is 6.82. The van der Waals surface area contributed by atoms with E-state index in [2.05, 4.69) is 29.1 Å². The van der Waals surface area contributed by atoms with Crippen molar-refractivity contribution in [2.24, 2.45) is 5.41 Å². The number of rotatable bonds is 4. The molecule has 1 aromatic rings. The lowest BCUT2D eigenvalue weighted by Gasteiger charge is -2.29. The molecule has 114 valence electrons. The molecule has 1 fully saturated rings. The van der Waals surface area contributed by atoms with Crippen molar-refractivity contribution in [1.82, 2.24) is 19.4 Å². The fourth-order valence-corrected chi connectivity index (χ4v) is 4.74. The van der Waals surface area contributed by atoms with Crippen LogP contribution in [0.5, 0.6) is 0 Å². The number of aromatic amines is 1. The summed E-state index contributed by atoms with van der Waals surface area (Å²) in [7, 11) is 0.252. The van der Waals surface area contributed by atoms with Crippen LogP contribution in [-0.2, 0) is 10.0 Å². The number of sulfonamides is 1. The zero-order valence-corrected chi connectivity index (χ0v) is 13.7. The molecule has 0 bridgehead atoms. The van der Waals surface area contributed by atoms with Gasteiger partial charge in [0.25, 0.3) is 0 Å². The van der Waals surface area contributed by atoms with Crippen LogP contribution in [0.2, 0.25) is 0 Å². The Morgan fingerprint density at radius 3 is 2.55 bits per heavy atom. The van der Waals surface area contributed by atoms with Crippen LogP contribution in [0.4, 0.5) is 0 Å². The second-order valence-corrected chi connectivity index (χ2v) is 8.30. The third-order valence-electron chi connectivity index (χ3n) is 4.08. The van der Waals surface area contributed by atoms with Gasteiger partial charge in [-0.15, -0.1) is 0 Å². The Kier molecular flexibility index (Phi) is 3.96. The van der Waals surface area contributed by atoms with E-state index >= 15 is 0 Å². The predicted octanol–water partition coefficient (Wildman–Crippen LogP) is 0.989. The molecule has 0 unspecified atom stereocenters. The van der Waals surface area contributed by atoms with E-state index in [0.29, 0.717) is 22.8 Å². The number of aryl methyl sites for hydroxylation is 2. The van der Waals surface area contributed by atoms with E-state index in [1.807, 2.05) is 0 Å². The van der Waals surface area contributed by atoms with Gasteiger partial charge in [0.1, 0.15) is 4.90 Å². The van der Waals surface area contributed by atoms with Crippen molar-refractivity contribution in [2.75, 3.05) is 33.7 Å². The highest BCUT2D eigenvalue weighted by molar-refractivity contribution is 7.89. The minimum absolute atomic E-state index is 0.0160. The fraction of sp³-hybridized carbons (Fsp3) is 0.769. The van der Waals surface area contributed by atoms with Crippen molar-refractivity contribution < 1.29 is 8.42 Å². The quantitative estimate of drug-likeness (QED) is 0.900. The highest BCUT2D eigenvalue weighted by Gasteiger charge is 2.37. The lowest BCUT2D eigenvalue weighted by atomic mass is 9.90. The van der Waals surface area contributed by atoms with Crippen LogP contribution in [0.25, 0.3) is 0 Å². The van der Waals surface area contributed by atoms with Crippen LogP contribution in [0.3, 0.4) is 0 Å². The molecule has 0 saturated carbocycles. The van der Waals surface area contributed by atoms with E-state index in [9.17, 15) is 8.42 Å². The monoisotopic (exact) mass is 300 g/mol. The first-order valence-corrected chi connectivity index (χ1v) is 8.26. The van der Waals surface area contributed by atoms with E-state index in [1.54, 1.807) is 20.9 Å². The molecule has 6 nitrogen and oxygen atoms in total. The number of hydrogen-bond acceptors (Lipinski definition) is 4. The van der Waals surface area contributed by atoms with Crippen LogP contribution in [0.1, 0.15) is 24.7 Å². The second-order valence-electron chi connectivity index (χ2n) is 6.32. The molecule has 2 heterocycles. The van der Waals surface area contributed by atoms with Gasteiger partial charge in [0, 0.05) is 20.1 Å². The average Bonchev–Trinajstić information content (AvgIpc) is 2.82. The summed E-state index contributed by atoms with van der Waals surface area (Å²) in [6.45, 7) is 8.09. The van der Waals surface area contributed by atoms with Crippen LogP contribution in [0, 0.1) is 19.3 Å². The molecule has 0 aromatic carbocycles. The van der Waals surface area contributed by atoms with Crippen molar-refractivity contribution >= 4 is 10.0 Å². The SMILES string of the molecule is Cc1n[nH]c(C)c1S(=O)(=O)N(C)C[C@]1(C)CCN(C)C1. The Bertz CT molecular complexity index is 576. The first kappa shape index (κ1) is 15.5. The van der Waals surface area contributed by atoms with Gasteiger partial charge in [-0.1, -0.05) is 6.92 Å². The molecule has 7 heteroatoms. The summed E-state index contributed by atoms with van der Waals surface area (Å²) in [6, 6.07) is 0. The number of H-pyrrole nitrogens is 1. The highest BCUT2D eigenvalue weighted by atomic mass is 32.2. The zero-order valence-electron chi connectivity index (χ0n) is 12.9. The minimum Gasteiger partial charge on any atom is -0.306 e. The molecule has 1 N–H and O–H groups in total. The standard InChI is InChI=1S/C13H24N4O2S/c1-10-12(11(2)15-14-10)20(18,19)17(5)9-13(3)6-7-16(4)8-13/h6-9H2,1-5H3,(H,14,15)/t13-/m1/s1. The molecule has 1 aromatic heterocycles. The molecule has 1 saturated heterocycles. The van der Waals surface area contributed by atoms with Gasteiger partial charge in [0.05, 0.1) is 11.4 Å². The molecule has 1 atom stereocenters. The number of aromatic nitrogens is 2. The Labute approximate surface area is 121 Å². The summed E-state index contributed by atoms with van der Waals surface area (Å²) in [5.41, 5.74) is 1.15. The smallest absolute Gasteiger partial charge is 0.246 e.